The fourth-order valence-corrected chi connectivity index (χ4v) is 1.53. The molecule has 0 heterocycles. The Hall–Kier alpha value is -2.55. The summed E-state index contributed by atoms with van der Waals surface area (Å²) < 4.78 is 0. The molecule has 1 saturated carbocycles. The molecule has 1 aliphatic carbocycles. The summed E-state index contributed by atoms with van der Waals surface area (Å²) in [4.78, 5) is 22.8. The molecule has 6 heteroatoms. The minimum atomic E-state index is -0.373. The quantitative estimate of drug-likeness (QED) is 0.768. The van der Waals surface area contributed by atoms with Gasteiger partial charge in [0.2, 0.25) is 5.91 Å². The molecule has 1 aromatic carbocycles. The highest BCUT2D eigenvalue weighted by molar-refractivity contribution is 5.94. The largest absolute Gasteiger partial charge is 0.335 e. The van der Waals surface area contributed by atoms with Crippen molar-refractivity contribution in [3.8, 4) is 6.07 Å². The number of carbonyl (C=O) groups excluding carboxylic acids is 2. The first-order valence-corrected chi connectivity index (χ1v) is 6.02. The smallest absolute Gasteiger partial charge is 0.319 e. The van der Waals surface area contributed by atoms with E-state index in [1.807, 2.05) is 0 Å². The van der Waals surface area contributed by atoms with E-state index >= 15 is 0 Å². The molecule has 19 heavy (non-hydrogen) atoms. The Bertz CT molecular complexity index is 532. The van der Waals surface area contributed by atoms with Gasteiger partial charge >= 0.3 is 6.03 Å². The van der Waals surface area contributed by atoms with Crippen LogP contribution in [0.4, 0.5) is 16.2 Å². The van der Waals surface area contributed by atoms with Crippen LogP contribution in [0.2, 0.25) is 0 Å². The van der Waals surface area contributed by atoms with E-state index in [4.69, 9.17) is 5.26 Å². The van der Waals surface area contributed by atoms with Gasteiger partial charge in [-0.15, -0.1) is 0 Å². The maximum Gasteiger partial charge on any atom is 0.319 e. The van der Waals surface area contributed by atoms with Gasteiger partial charge in [0.05, 0.1) is 6.07 Å². The van der Waals surface area contributed by atoms with Gasteiger partial charge in [-0.25, -0.2) is 4.79 Å². The lowest BCUT2D eigenvalue weighted by Crippen LogP contribution is -2.30. The van der Waals surface area contributed by atoms with Crippen molar-refractivity contribution >= 4 is 23.3 Å². The first-order chi connectivity index (χ1) is 9.17. The van der Waals surface area contributed by atoms with Crippen LogP contribution in [0.1, 0.15) is 19.3 Å². The van der Waals surface area contributed by atoms with Gasteiger partial charge in [-0.2, -0.15) is 5.26 Å². The average Bonchev–Trinajstić information content (AvgIpc) is 3.13. The number of nitriles is 1. The summed E-state index contributed by atoms with van der Waals surface area (Å²) >= 11 is 0. The number of hydrogen-bond donors (Lipinski definition) is 3. The van der Waals surface area contributed by atoms with Crippen molar-refractivity contribution in [3.63, 3.8) is 0 Å². The Morgan fingerprint density at radius 1 is 1.26 bits per heavy atom. The molecule has 0 saturated heterocycles. The number of urea groups is 1. The van der Waals surface area contributed by atoms with Crippen molar-refractivity contribution in [3.05, 3.63) is 24.3 Å². The zero-order chi connectivity index (χ0) is 13.7. The molecule has 0 atom stereocenters. The van der Waals surface area contributed by atoms with E-state index in [1.165, 1.54) is 0 Å². The van der Waals surface area contributed by atoms with E-state index in [1.54, 1.807) is 30.3 Å². The lowest BCUT2D eigenvalue weighted by Gasteiger charge is -2.08. The van der Waals surface area contributed by atoms with Gasteiger partial charge in [0.15, 0.2) is 0 Å². The van der Waals surface area contributed by atoms with Gasteiger partial charge in [0.25, 0.3) is 0 Å². The second kappa shape index (κ2) is 5.87. The molecule has 1 aromatic rings. The molecule has 3 N–H and O–H groups in total. The second-order valence-corrected chi connectivity index (χ2v) is 4.34. The number of carbonyl (C=O) groups is 2. The Morgan fingerprint density at radius 2 is 1.95 bits per heavy atom. The maximum atomic E-state index is 11.5. The fraction of sp³-hybridized carbons (Fsp3) is 0.308. The first-order valence-electron chi connectivity index (χ1n) is 6.02. The van der Waals surface area contributed by atoms with E-state index < -0.39 is 0 Å². The Labute approximate surface area is 110 Å². The number of amides is 3. The van der Waals surface area contributed by atoms with Gasteiger partial charge in [-0.05, 0) is 31.0 Å². The molecule has 1 fully saturated rings. The summed E-state index contributed by atoms with van der Waals surface area (Å²) in [7, 11) is 0. The van der Waals surface area contributed by atoms with Crippen molar-refractivity contribution in [1.29, 1.82) is 5.26 Å². The van der Waals surface area contributed by atoms with Crippen LogP contribution in [0.5, 0.6) is 0 Å². The van der Waals surface area contributed by atoms with Gasteiger partial charge in [-0.3, -0.25) is 4.79 Å². The third kappa shape index (κ3) is 4.32. The molecule has 2 rings (SSSR count). The van der Waals surface area contributed by atoms with E-state index in [2.05, 4.69) is 16.0 Å². The van der Waals surface area contributed by atoms with Crippen LogP contribution in [0.3, 0.4) is 0 Å². The zero-order valence-electron chi connectivity index (χ0n) is 10.3. The fourth-order valence-electron chi connectivity index (χ4n) is 1.53. The minimum Gasteiger partial charge on any atom is -0.335 e. The maximum absolute atomic E-state index is 11.5. The van der Waals surface area contributed by atoms with Crippen LogP contribution < -0.4 is 16.0 Å². The summed E-state index contributed by atoms with van der Waals surface area (Å²) in [6.07, 6.45) is 1.86. The molecule has 0 bridgehead atoms. The van der Waals surface area contributed by atoms with Crippen molar-refractivity contribution < 1.29 is 9.59 Å². The zero-order valence-corrected chi connectivity index (χ0v) is 10.3. The summed E-state index contributed by atoms with van der Waals surface area (Å²) in [5, 5.41) is 16.5. The number of nitrogens with one attached hydrogen (secondary N) is 3. The van der Waals surface area contributed by atoms with Crippen molar-refractivity contribution in [1.82, 2.24) is 5.32 Å². The van der Waals surface area contributed by atoms with Crippen molar-refractivity contribution in [2.75, 3.05) is 10.6 Å². The van der Waals surface area contributed by atoms with Gasteiger partial charge in [0.1, 0.15) is 6.42 Å². The molecule has 0 aromatic heterocycles. The van der Waals surface area contributed by atoms with Gasteiger partial charge in [-0.1, -0.05) is 6.07 Å². The topological polar surface area (TPSA) is 94.0 Å². The first kappa shape index (κ1) is 12.9. The number of rotatable bonds is 4. The van der Waals surface area contributed by atoms with E-state index in [-0.39, 0.29) is 18.4 Å². The van der Waals surface area contributed by atoms with Crippen molar-refractivity contribution in [2.45, 2.75) is 25.3 Å². The molecule has 0 unspecified atom stereocenters. The third-order valence-electron chi connectivity index (χ3n) is 2.56. The monoisotopic (exact) mass is 258 g/mol. The summed E-state index contributed by atoms with van der Waals surface area (Å²) in [6, 6.07) is 8.59. The predicted octanol–water partition coefficient (Wildman–Crippen LogP) is 1.82. The lowest BCUT2D eigenvalue weighted by molar-refractivity contribution is -0.115. The van der Waals surface area contributed by atoms with Crippen LogP contribution >= 0.6 is 0 Å². The van der Waals surface area contributed by atoms with Crippen LogP contribution in [-0.4, -0.2) is 18.0 Å². The Kier molecular flexibility index (Phi) is 3.98. The molecular weight excluding hydrogens is 244 g/mol. The highest BCUT2D eigenvalue weighted by Crippen LogP contribution is 2.19. The number of anilines is 2. The minimum absolute atomic E-state index is 0.195. The Balaban J connectivity index is 1.92. The molecule has 3 amide bonds. The van der Waals surface area contributed by atoms with Crippen LogP contribution in [0, 0.1) is 11.3 Å². The molecule has 6 nitrogen and oxygen atoms in total. The number of hydrogen-bond acceptors (Lipinski definition) is 3. The standard InChI is InChI=1S/C13H14N4O2/c14-7-6-12(18)15-10-2-1-3-11(8-10)17-13(19)16-9-4-5-9/h1-3,8-9H,4-6H2,(H,15,18)(H2,16,17,19). The third-order valence-corrected chi connectivity index (χ3v) is 2.56. The SMILES string of the molecule is N#CCC(=O)Nc1cccc(NC(=O)NC2CC2)c1. The Morgan fingerprint density at radius 3 is 2.58 bits per heavy atom. The molecule has 98 valence electrons. The van der Waals surface area contributed by atoms with Gasteiger partial charge < -0.3 is 16.0 Å². The average molecular weight is 258 g/mol. The molecule has 0 radical (unpaired) electrons. The van der Waals surface area contributed by atoms with E-state index in [9.17, 15) is 9.59 Å². The van der Waals surface area contributed by atoms with Crippen LogP contribution in [0.25, 0.3) is 0 Å². The highest BCUT2D eigenvalue weighted by atomic mass is 16.2. The number of nitrogens with zero attached hydrogens (tertiary/aromatic N) is 1. The highest BCUT2D eigenvalue weighted by Gasteiger charge is 2.23. The molecule has 0 spiro atoms. The van der Waals surface area contributed by atoms with Crippen molar-refractivity contribution in [2.24, 2.45) is 0 Å². The van der Waals surface area contributed by atoms with Crippen LogP contribution in [0.15, 0.2) is 24.3 Å². The van der Waals surface area contributed by atoms with Crippen LogP contribution in [-0.2, 0) is 4.79 Å². The predicted molar refractivity (Wildman–Crippen MR) is 70.5 cm³/mol. The molecule has 0 aliphatic heterocycles. The summed E-state index contributed by atoms with van der Waals surface area (Å²) in [5.74, 6) is -0.373. The molecule has 1 aliphatic rings. The summed E-state index contributed by atoms with van der Waals surface area (Å²) in [6.45, 7) is 0. The normalized spacial score (nSPS) is 13.2. The van der Waals surface area contributed by atoms with E-state index in [0.717, 1.165) is 12.8 Å². The van der Waals surface area contributed by atoms with E-state index in [0.29, 0.717) is 17.4 Å². The second-order valence-electron chi connectivity index (χ2n) is 4.34. The lowest BCUT2D eigenvalue weighted by atomic mass is 10.2. The number of benzene rings is 1. The van der Waals surface area contributed by atoms with Gasteiger partial charge in [0, 0.05) is 17.4 Å². The molecular formula is C13H14N4O2. The summed E-state index contributed by atoms with van der Waals surface area (Å²) in [5.41, 5.74) is 1.14.